The zero-order valence-corrected chi connectivity index (χ0v) is 15.5. The van der Waals surface area contributed by atoms with Gasteiger partial charge in [0, 0.05) is 37.9 Å². The molecular formula is C20H27N5O2. The number of nitrogens with one attached hydrogen (secondary N) is 1. The number of rotatable bonds is 5. The summed E-state index contributed by atoms with van der Waals surface area (Å²) in [5, 5.41) is 16.9. The minimum atomic E-state index is 0.0211. The number of phenolic OH excluding ortho intramolecular Hbond substituents is 1. The predicted octanol–water partition coefficient (Wildman–Crippen LogP) is 2.46. The van der Waals surface area contributed by atoms with Crippen LogP contribution in [0.4, 0.5) is 11.5 Å². The molecule has 2 aromatic rings. The van der Waals surface area contributed by atoms with Gasteiger partial charge in [0.1, 0.15) is 11.6 Å². The Morgan fingerprint density at radius 1 is 1.07 bits per heavy atom. The van der Waals surface area contributed by atoms with Crippen LogP contribution in [-0.4, -0.2) is 58.4 Å². The van der Waals surface area contributed by atoms with Crippen LogP contribution in [0.15, 0.2) is 36.5 Å². The van der Waals surface area contributed by atoms with E-state index in [2.05, 4.69) is 20.2 Å². The number of carbonyl (C=O) groups excluding carboxylic acids is 1. The predicted molar refractivity (Wildman–Crippen MR) is 105 cm³/mol. The maximum absolute atomic E-state index is 12.5. The van der Waals surface area contributed by atoms with Crippen LogP contribution in [0.1, 0.15) is 31.7 Å². The van der Waals surface area contributed by atoms with Gasteiger partial charge in [-0.15, -0.1) is 0 Å². The number of piperazine rings is 1. The van der Waals surface area contributed by atoms with Crippen LogP contribution in [0.25, 0.3) is 0 Å². The second-order valence-electron chi connectivity index (χ2n) is 7.43. The molecule has 7 nitrogen and oxygen atoms in total. The molecule has 1 aliphatic carbocycles. The van der Waals surface area contributed by atoms with Crippen molar-refractivity contribution in [3.05, 3.63) is 36.5 Å². The van der Waals surface area contributed by atoms with Crippen molar-refractivity contribution in [3.8, 4) is 5.75 Å². The van der Waals surface area contributed by atoms with Gasteiger partial charge in [-0.3, -0.25) is 9.69 Å². The Morgan fingerprint density at radius 2 is 1.78 bits per heavy atom. The summed E-state index contributed by atoms with van der Waals surface area (Å²) < 4.78 is 1.98. The van der Waals surface area contributed by atoms with Gasteiger partial charge in [-0.2, -0.15) is 5.10 Å². The van der Waals surface area contributed by atoms with Gasteiger partial charge < -0.3 is 15.3 Å². The topological polar surface area (TPSA) is 73.6 Å². The van der Waals surface area contributed by atoms with Gasteiger partial charge in [0.2, 0.25) is 5.91 Å². The molecule has 1 aromatic carbocycles. The lowest BCUT2D eigenvalue weighted by Crippen LogP contribution is -2.48. The summed E-state index contributed by atoms with van der Waals surface area (Å²) in [5.41, 5.74) is 1.11. The van der Waals surface area contributed by atoms with Gasteiger partial charge in [0.05, 0.1) is 18.8 Å². The molecule has 1 aromatic heterocycles. The zero-order chi connectivity index (χ0) is 18.6. The lowest BCUT2D eigenvalue weighted by atomic mass is 10.2. The molecule has 27 heavy (non-hydrogen) atoms. The summed E-state index contributed by atoms with van der Waals surface area (Å²) in [4.78, 5) is 17.0. The van der Waals surface area contributed by atoms with E-state index in [1.807, 2.05) is 22.9 Å². The van der Waals surface area contributed by atoms with Crippen LogP contribution in [0, 0.1) is 0 Å². The summed E-state index contributed by atoms with van der Waals surface area (Å²) in [5.74, 6) is 1.12. The summed E-state index contributed by atoms with van der Waals surface area (Å²) in [6, 6.07) is 9.60. The number of hydrogen-bond donors (Lipinski definition) is 2. The maximum Gasteiger partial charge on any atom is 0.239 e. The molecular weight excluding hydrogens is 342 g/mol. The second-order valence-corrected chi connectivity index (χ2v) is 7.43. The van der Waals surface area contributed by atoms with Crippen molar-refractivity contribution >= 4 is 17.4 Å². The highest BCUT2D eigenvalue weighted by Gasteiger charge is 2.22. The molecule has 2 heterocycles. The van der Waals surface area contributed by atoms with Gasteiger partial charge in [-0.25, -0.2) is 4.68 Å². The fourth-order valence-corrected chi connectivity index (χ4v) is 4.07. The molecule has 0 radical (unpaired) electrons. The molecule has 2 fully saturated rings. The van der Waals surface area contributed by atoms with Crippen molar-refractivity contribution in [2.45, 2.75) is 31.7 Å². The highest BCUT2D eigenvalue weighted by Crippen LogP contribution is 2.31. The number of anilines is 2. The highest BCUT2D eigenvalue weighted by molar-refractivity contribution is 5.91. The van der Waals surface area contributed by atoms with E-state index >= 15 is 0 Å². The normalized spacial score (nSPS) is 18.7. The average molecular weight is 369 g/mol. The van der Waals surface area contributed by atoms with Crippen LogP contribution in [0.3, 0.4) is 0 Å². The highest BCUT2D eigenvalue weighted by atomic mass is 16.3. The molecule has 0 bridgehead atoms. The minimum absolute atomic E-state index is 0.0211. The summed E-state index contributed by atoms with van der Waals surface area (Å²) in [6.45, 7) is 3.84. The largest absolute Gasteiger partial charge is 0.508 e. The van der Waals surface area contributed by atoms with E-state index in [9.17, 15) is 9.90 Å². The van der Waals surface area contributed by atoms with Gasteiger partial charge in [-0.05, 0) is 37.1 Å². The fraction of sp³-hybridized carbons (Fsp3) is 0.500. The first-order valence-corrected chi connectivity index (χ1v) is 9.79. The molecule has 1 saturated heterocycles. The summed E-state index contributed by atoms with van der Waals surface area (Å²) in [7, 11) is 0. The Morgan fingerprint density at radius 3 is 2.48 bits per heavy atom. The fourth-order valence-electron chi connectivity index (χ4n) is 4.07. The van der Waals surface area contributed by atoms with E-state index in [1.165, 1.54) is 12.8 Å². The number of amides is 1. The molecule has 0 spiro atoms. The van der Waals surface area contributed by atoms with Gasteiger partial charge in [0.25, 0.3) is 0 Å². The van der Waals surface area contributed by atoms with E-state index in [1.54, 1.807) is 18.3 Å². The van der Waals surface area contributed by atoms with E-state index in [0.29, 0.717) is 12.6 Å². The average Bonchev–Trinajstić information content (AvgIpc) is 3.34. The molecule has 2 aliphatic rings. The molecule has 1 aliphatic heterocycles. The Kier molecular flexibility index (Phi) is 5.29. The first-order chi connectivity index (χ1) is 13.2. The summed E-state index contributed by atoms with van der Waals surface area (Å²) >= 11 is 0. The van der Waals surface area contributed by atoms with Crippen molar-refractivity contribution in [2.24, 2.45) is 0 Å². The molecule has 2 N–H and O–H groups in total. The van der Waals surface area contributed by atoms with Crippen molar-refractivity contribution in [2.75, 3.05) is 42.9 Å². The van der Waals surface area contributed by atoms with Crippen molar-refractivity contribution < 1.29 is 9.90 Å². The zero-order valence-electron chi connectivity index (χ0n) is 15.5. The van der Waals surface area contributed by atoms with Gasteiger partial charge in [-0.1, -0.05) is 12.8 Å². The second kappa shape index (κ2) is 8.00. The first-order valence-electron chi connectivity index (χ1n) is 9.79. The Hall–Kier alpha value is -2.54. The number of phenols is 1. The quantitative estimate of drug-likeness (QED) is 0.847. The Balaban J connectivity index is 1.27. The van der Waals surface area contributed by atoms with Crippen LogP contribution in [-0.2, 0) is 4.79 Å². The third-order valence-electron chi connectivity index (χ3n) is 5.56. The molecule has 1 saturated carbocycles. The van der Waals surface area contributed by atoms with Gasteiger partial charge in [0.15, 0.2) is 0 Å². The maximum atomic E-state index is 12.5. The van der Waals surface area contributed by atoms with E-state index < -0.39 is 0 Å². The van der Waals surface area contributed by atoms with Crippen LogP contribution in [0.2, 0.25) is 0 Å². The third kappa shape index (κ3) is 4.24. The standard InChI is InChI=1S/C20H27N5O2/c26-18-7-5-16(6-8-18)24-13-11-23(12-14-24)15-20(27)22-19-9-10-21-25(19)17-3-1-2-4-17/h5-10,17,26H,1-4,11-15H2,(H,22,27). The molecule has 1 amide bonds. The molecule has 7 heteroatoms. The number of benzene rings is 1. The molecule has 4 rings (SSSR count). The Bertz CT molecular complexity index is 759. The van der Waals surface area contributed by atoms with Crippen molar-refractivity contribution in [1.29, 1.82) is 0 Å². The van der Waals surface area contributed by atoms with Crippen molar-refractivity contribution in [3.63, 3.8) is 0 Å². The smallest absolute Gasteiger partial charge is 0.239 e. The number of hydrogen-bond acceptors (Lipinski definition) is 5. The monoisotopic (exact) mass is 369 g/mol. The SMILES string of the molecule is O=C(CN1CCN(c2ccc(O)cc2)CC1)Nc1ccnn1C1CCCC1. The van der Waals surface area contributed by atoms with Crippen LogP contribution < -0.4 is 10.2 Å². The molecule has 0 unspecified atom stereocenters. The van der Waals surface area contributed by atoms with Crippen LogP contribution in [0.5, 0.6) is 5.75 Å². The first kappa shape index (κ1) is 17.9. The van der Waals surface area contributed by atoms with E-state index in [-0.39, 0.29) is 11.7 Å². The Labute approximate surface area is 159 Å². The minimum Gasteiger partial charge on any atom is -0.508 e. The number of nitrogens with zero attached hydrogens (tertiary/aromatic N) is 4. The molecule has 0 atom stereocenters. The number of aromatic hydroxyl groups is 1. The van der Waals surface area contributed by atoms with Gasteiger partial charge >= 0.3 is 0 Å². The lowest BCUT2D eigenvalue weighted by Gasteiger charge is -2.35. The lowest BCUT2D eigenvalue weighted by molar-refractivity contribution is -0.117. The summed E-state index contributed by atoms with van der Waals surface area (Å²) in [6.07, 6.45) is 6.53. The number of carbonyl (C=O) groups is 1. The molecule has 144 valence electrons. The van der Waals surface area contributed by atoms with E-state index in [0.717, 1.165) is 50.5 Å². The van der Waals surface area contributed by atoms with E-state index in [4.69, 9.17) is 0 Å². The third-order valence-corrected chi connectivity index (χ3v) is 5.56. The van der Waals surface area contributed by atoms with Crippen molar-refractivity contribution in [1.82, 2.24) is 14.7 Å². The number of aromatic nitrogens is 2. The van der Waals surface area contributed by atoms with Crippen LogP contribution >= 0.6 is 0 Å².